The molecule has 1 atom stereocenters. The molecule has 3 heterocycles. The largest absolute Gasteiger partial charge is 0.375 e. The standard InChI is InChI=1S/C19H30N2O4S/c1-2-15-26(22,23)21-11-8-19(9-12-21)17(7-14-25-19)6-13-24-16-18-5-3-4-10-20-18/h3-5,10,17H,2,6-9,11-16H2,1H3/t17-/m1/s1. The number of pyridine rings is 1. The fourth-order valence-electron chi connectivity index (χ4n) is 4.16. The van der Waals surface area contributed by atoms with E-state index in [4.69, 9.17) is 9.47 Å². The molecule has 7 heteroatoms. The summed E-state index contributed by atoms with van der Waals surface area (Å²) in [6.45, 7) is 5.05. The summed E-state index contributed by atoms with van der Waals surface area (Å²) in [4.78, 5) is 4.27. The lowest BCUT2D eigenvalue weighted by Crippen LogP contribution is -2.50. The smallest absolute Gasteiger partial charge is 0.214 e. The van der Waals surface area contributed by atoms with Crippen molar-refractivity contribution in [2.45, 2.75) is 51.2 Å². The lowest BCUT2D eigenvalue weighted by molar-refractivity contribution is -0.0618. The molecular formula is C19H30N2O4S. The molecule has 2 saturated heterocycles. The van der Waals surface area contributed by atoms with E-state index >= 15 is 0 Å². The Morgan fingerprint density at radius 3 is 2.85 bits per heavy atom. The van der Waals surface area contributed by atoms with Gasteiger partial charge in [0.05, 0.1) is 23.7 Å². The molecule has 0 unspecified atom stereocenters. The summed E-state index contributed by atoms with van der Waals surface area (Å²) < 4.78 is 38.1. The van der Waals surface area contributed by atoms with E-state index in [0.29, 0.717) is 38.6 Å². The molecule has 26 heavy (non-hydrogen) atoms. The first-order chi connectivity index (χ1) is 12.6. The highest BCUT2D eigenvalue weighted by molar-refractivity contribution is 7.89. The molecule has 0 radical (unpaired) electrons. The molecule has 2 aliphatic rings. The van der Waals surface area contributed by atoms with Crippen LogP contribution in [0.1, 0.15) is 44.7 Å². The summed E-state index contributed by atoms with van der Waals surface area (Å²) in [6.07, 6.45) is 6.01. The van der Waals surface area contributed by atoms with E-state index < -0.39 is 10.0 Å². The van der Waals surface area contributed by atoms with Crippen molar-refractivity contribution in [2.75, 3.05) is 32.1 Å². The predicted molar refractivity (Wildman–Crippen MR) is 100 cm³/mol. The lowest BCUT2D eigenvalue weighted by Gasteiger charge is -2.41. The van der Waals surface area contributed by atoms with Crippen LogP contribution in [-0.4, -0.2) is 55.4 Å². The van der Waals surface area contributed by atoms with Crippen LogP contribution in [0.5, 0.6) is 0 Å². The van der Waals surface area contributed by atoms with Crippen LogP contribution < -0.4 is 0 Å². The highest BCUT2D eigenvalue weighted by Gasteiger charge is 2.47. The van der Waals surface area contributed by atoms with Crippen LogP contribution in [0.2, 0.25) is 0 Å². The molecule has 1 spiro atoms. The van der Waals surface area contributed by atoms with Gasteiger partial charge in [-0.2, -0.15) is 0 Å². The Labute approximate surface area is 156 Å². The summed E-state index contributed by atoms with van der Waals surface area (Å²) in [5, 5.41) is 0. The van der Waals surface area contributed by atoms with E-state index in [1.165, 1.54) is 0 Å². The predicted octanol–water partition coefficient (Wildman–Crippen LogP) is 2.60. The molecule has 3 rings (SSSR count). The van der Waals surface area contributed by atoms with Gasteiger partial charge in [0.2, 0.25) is 10.0 Å². The monoisotopic (exact) mass is 382 g/mol. The maximum Gasteiger partial charge on any atom is 0.214 e. The average Bonchev–Trinajstić information content (AvgIpc) is 3.02. The first-order valence-corrected chi connectivity index (χ1v) is 11.3. The maximum atomic E-state index is 12.3. The van der Waals surface area contributed by atoms with Crippen molar-refractivity contribution in [3.63, 3.8) is 0 Å². The Morgan fingerprint density at radius 2 is 2.15 bits per heavy atom. The fraction of sp³-hybridized carbons (Fsp3) is 0.737. The second kappa shape index (κ2) is 8.78. The van der Waals surface area contributed by atoms with Crippen molar-refractivity contribution < 1.29 is 17.9 Å². The summed E-state index contributed by atoms with van der Waals surface area (Å²) in [7, 11) is -3.10. The van der Waals surface area contributed by atoms with Crippen molar-refractivity contribution in [3.05, 3.63) is 30.1 Å². The average molecular weight is 383 g/mol. The molecule has 0 amide bonds. The van der Waals surface area contributed by atoms with Crippen LogP contribution in [0.15, 0.2) is 24.4 Å². The number of ether oxygens (including phenoxy) is 2. The Balaban J connectivity index is 1.47. The fourth-order valence-corrected chi connectivity index (χ4v) is 5.67. The first kappa shape index (κ1) is 19.7. The molecule has 146 valence electrons. The van der Waals surface area contributed by atoms with Gasteiger partial charge in [-0.05, 0) is 50.2 Å². The molecule has 0 aliphatic carbocycles. The number of hydrogen-bond acceptors (Lipinski definition) is 5. The number of nitrogens with zero attached hydrogens (tertiary/aromatic N) is 2. The second-order valence-electron chi connectivity index (χ2n) is 7.28. The Kier molecular flexibility index (Phi) is 6.66. The van der Waals surface area contributed by atoms with Crippen molar-refractivity contribution in [1.29, 1.82) is 0 Å². The van der Waals surface area contributed by atoms with Crippen molar-refractivity contribution >= 4 is 10.0 Å². The second-order valence-corrected chi connectivity index (χ2v) is 9.36. The first-order valence-electron chi connectivity index (χ1n) is 9.65. The molecule has 0 saturated carbocycles. The van der Waals surface area contributed by atoms with E-state index in [2.05, 4.69) is 4.98 Å². The van der Waals surface area contributed by atoms with Gasteiger partial charge in [0, 0.05) is 32.5 Å². The van der Waals surface area contributed by atoms with E-state index in [0.717, 1.165) is 38.0 Å². The summed E-state index contributed by atoms with van der Waals surface area (Å²) in [5.41, 5.74) is 0.784. The van der Waals surface area contributed by atoms with Gasteiger partial charge < -0.3 is 9.47 Å². The molecule has 0 aromatic carbocycles. The third-order valence-corrected chi connectivity index (χ3v) is 7.69. The van der Waals surface area contributed by atoms with Crippen LogP contribution in [0.4, 0.5) is 0 Å². The zero-order chi connectivity index (χ0) is 18.5. The van der Waals surface area contributed by atoms with E-state index in [-0.39, 0.29) is 11.4 Å². The van der Waals surface area contributed by atoms with E-state index in [1.54, 1.807) is 10.5 Å². The Hall–Kier alpha value is -1.02. The van der Waals surface area contributed by atoms with Crippen LogP contribution in [-0.2, 0) is 26.1 Å². The Bertz CT molecular complexity index is 657. The topological polar surface area (TPSA) is 68.7 Å². The molecule has 0 N–H and O–H groups in total. The number of hydrogen-bond donors (Lipinski definition) is 0. The minimum atomic E-state index is -3.10. The molecule has 1 aromatic heterocycles. The highest BCUT2D eigenvalue weighted by atomic mass is 32.2. The molecular weight excluding hydrogens is 352 g/mol. The summed E-state index contributed by atoms with van der Waals surface area (Å²) in [5.74, 6) is 0.688. The third-order valence-electron chi connectivity index (χ3n) is 5.61. The molecule has 6 nitrogen and oxygen atoms in total. The van der Waals surface area contributed by atoms with Crippen molar-refractivity contribution in [2.24, 2.45) is 5.92 Å². The van der Waals surface area contributed by atoms with Crippen LogP contribution >= 0.6 is 0 Å². The van der Waals surface area contributed by atoms with Gasteiger partial charge in [-0.3, -0.25) is 4.98 Å². The zero-order valence-electron chi connectivity index (χ0n) is 15.6. The summed E-state index contributed by atoms with van der Waals surface area (Å²) >= 11 is 0. The van der Waals surface area contributed by atoms with Crippen molar-refractivity contribution in [1.82, 2.24) is 9.29 Å². The van der Waals surface area contributed by atoms with Crippen molar-refractivity contribution in [3.8, 4) is 0 Å². The molecule has 2 fully saturated rings. The zero-order valence-corrected chi connectivity index (χ0v) is 16.4. The van der Waals surface area contributed by atoms with Gasteiger partial charge in [-0.25, -0.2) is 12.7 Å². The van der Waals surface area contributed by atoms with Gasteiger partial charge >= 0.3 is 0 Å². The van der Waals surface area contributed by atoms with Gasteiger partial charge in [-0.1, -0.05) is 13.0 Å². The highest BCUT2D eigenvalue weighted by Crippen LogP contribution is 2.42. The molecule has 2 aliphatic heterocycles. The minimum Gasteiger partial charge on any atom is -0.375 e. The normalized spacial score (nSPS) is 23.5. The Morgan fingerprint density at radius 1 is 1.35 bits per heavy atom. The number of piperidine rings is 1. The molecule has 0 bridgehead atoms. The van der Waals surface area contributed by atoms with Crippen LogP contribution in [0.25, 0.3) is 0 Å². The number of sulfonamides is 1. The van der Waals surface area contributed by atoms with Gasteiger partial charge in [0.25, 0.3) is 0 Å². The van der Waals surface area contributed by atoms with Gasteiger partial charge in [-0.15, -0.1) is 0 Å². The molecule has 1 aromatic rings. The maximum absolute atomic E-state index is 12.3. The summed E-state index contributed by atoms with van der Waals surface area (Å²) in [6, 6.07) is 5.83. The van der Waals surface area contributed by atoms with Gasteiger partial charge in [0.15, 0.2) is 0 Å². The lowest BCUT2D eigenvalue weighted by atomic mass is 9.78. The number of rotatable bonds is 8. The quantitative estimate of drug-likeness (QED) is 0.647. The van der Waals surface area contributed by atoms with E-state index in [9.17, 15) is 8.42 Å². The van der Waals surface area contributed by atoms with Gasteiger partial charge in [0.1, 0.15) is 0 Å². The third kappa shape index (κ3) is 4.63. The van der Waals surface area contributed by atoms with Crippen LogP contribution in [0.3, 0.4) is 0 Å². The van der Waals surface area contributed by atoms with Crippen LogP contribution in [0, 0.1) is 5.92 Å². The van der Waals surface area contributed by atoms with E-state index in [1.807, 2.05) is 25.1 Å². The minimum absolute atomic E-state index is 0.160. The SMILES string of the molecule is CCCS(=O)(=O)N1CCC2(CC1)OCC[C@H]2CCOCc1ccccn1. The number of aromatic nitrogens is 1.